The Morgan fingerprint density at radius 2 is 0.655 bits per heavy atom. The second-order valence-electron chi connectivity index (χ2n) is 6.36. The van der Waals surface area contributed by atoms with Crippen molar-refractivity contribution in [1.29, 1.82) is 0 Å². The number of rotatable bonds is 8. The third kappa shape index (κ3) is 5.42. The highest BCUT2D eigenvalue weighted by atomic mass is 31.1. The molecule has 4 rings (SSSR count). The van der Waals surface area contributed by atoms with Gasteiger partial charge in [0.1, 0.15) is 0 Å². The molecule has 0 spiro atoms. The smallest absolute Gasteiger partial charge is 0.0322 e. The van der Waals surface area contributed by atoms with E-state index in [0.717, 1.165) is 0 Å². The molecule has 0 heterocycles. The molecule has 0 bridgehead atoms. The number of hydrogen-bond donors (Lipinski definition) is 0. The van der Waals surface area contributed by atoms with Gasteiger partial charge in [0, 0.05) is 8.22 Å². The van der Waals surface area contributed by atoms with Crippen LogP contribution in [-0.2, 0) is 0 Å². The summed E-state index contributed by atoms with van der Waals surface area (Å²) in [5.74, 6) is 0. The molecule has 0 unspecified atom stereocenters. The van der Waals surface area contributed by atoms with E-state index in [1.54, 1.807) is 48.5 Å². The fourth-order valence-electron chi connectivity index (χ4n) is 3.00. The quantitative estimate of drug-likeness (QED) is 0.325. The summed E-state index contributed by atoms with van der Waals surface area (Å²) >= 11 is 0. The van der Waals surface area contributed by atoms with Crippen molar-refractivity contribution in [2.45, 2.75) is 6.37 Å². The molecule has 0 aliphatic rings. The van der Waals surface area contributed by atoms with Crippen molar-refractivity contribution in [2.75, 3.05) is 12.2 Å². The van der Waals surface area contributed by atoms with Crippen LogP contribution in [0.2, 0.25) is 0 Å². The fraction of sp³-hybridized carbons (Fsp3) is 0.111. The van der Waals surface area contributed by atoms with Crippen LogP contribution >= 0.6 is 15.8 Å². The lowest BCUT2D eigenvalue weighted by Gasteiger charge is -2.22. The van der Waals surface area contributed by atoms with Gasteiger partial charge in [0.2, 0.25) is 0 Å². The summed E-state index contributed by atoms with van der Waals surface area (Å²) in [5.41, 5.74) is 0. The molecule has 0 amide bonds. The number of benzene rings is 4. The highest BCUT2D eigenvalue weighted by Gasteiger charge is 2.17. The Morgan fingerprint density at radius 3 is 0.897 bits per heavy atom. The van der Waals surface area contributed by atoms with Crippen LogP contribution in [0.1, 0.15) is 14.6 Å². The molecule has 0 saturated carbocycles. The van der Waals surface area contributed by atoms with Crippen LogP contribution in [0.15, 0.2) is 121 Å². The maximum absolute atomic E-state index is 9.23. The Bertz CT molecular complexity index is 1040. The molecule has 0 atom stereocenters. The topological polar surface area (TPSA) is 0 Å². The zero-order valence-corrected chi connectivity index (χ0v) is 17.7. The molecular weight excluding hydrogens is 386 g/mol. The first kappa shape index (κ1) is 13.9. The minimum absolute atomic E-state index is 0.669. The van der Waals surface area contributed by atoms with Gasteiger partial charge in [-0.1, -0.05) is 121 Å². The number of hydrogen-bond acceptors (Lipinski definition) is 0. The zero-order valence-electron chi connectivity index (χ0n) is 21.9. The van der Waals surface area contributed by atoms with Crippen molar-refractivity contribution in [3.05, 3.63) is 121 Å². The van der Waals surface area contributed by atoms with Gasteiger partial charge >= 0.3 is 0 Å². The van der Waals surface area contributed by atoms with E-state index in [2.05, 4.69) is 0 Å². The highest BCUT2D eigenvalue weighted by Crippen LogP contribution is 2.39. The van der Waals surface area contributed by atoms with Crippen LogP contribution in [0.5, 0.6) is 0 Å². The molecule has 4 aromatic rings. The van der Waals surface area contributed by atoms with E-state index in [0.29, 0.717) is 21.2 Å². The van der Waals surface area contributed by atoms with Gasteiger partial charge in [-0.05, 0) is 55.7 Å². The summed E-state index contributed by atoms with van der Waals surface area (Å²) in [5, 5.41) is 2.67. The Hall–Kier alpha value is -2.26. The Labute approximate surface area is 185 Å². The van der Waals surface area contributed by atoms with Crippen molar-refractivity contribution >= 4 is 37.1 Å². The van der Waals surface area contributed by atoms with E-state index in [-0.39, 0.29) is 0 Å². The standard InChI is InChI=1S/C27H26P2/c1-5-14-24(15-6-1)28(25-16-7-2-8-17-25)22-13-23-29(26-18-9-3-10-19-26)27-20-11-4-12-21-27/h1-12,14-21H,13,22-23H2/i13D2,22D2,23D2. The van der Waals surface area contributed by atoms with Crippen molar-refractivity contribution < 1.29 is 8.22 Å². The molecule has 0 aliphatic heterocycles. The molecule has 0 aromatic heterocycles. The van der Waals surface area contributed by atoms with Crippen molar-refractivity contribution in [2.24, 2.45) is 0 Å². The van der Waals surface area contributed by atoms with Gasteiger partial charge in [-0.2, -0.15) is 0 Å². The van der Waals surface area contributed by atoms with Gasteiger partial charge in [-0.25, -0.2) is 0 Å². The van der Waals surface area contributed by atoms with Gasteiger partial charge in [0.15, 0.2) is 0 Å². The van der Waals surface area contributed by atoms with Crippen LogP contribution in [0.4, 0.5) is 0 Å². The first-order valence-electron chi connectivity index (χ1n) is 12.5. The van der Waals surface area contributed by atoms with Gasteiger partial charge in [-0.15, -0.1) is 0 Å². The van der Waals surface area contributed by atoms with Gasteiger partial charge in [-0.3, -0.25) is 0 Å². The second-order valence-corrected chi connectivity index (χ2v) is 10.2. The molecule has 29 heavy (non-hydrogen) atoms. The van der Waals surface area contributed by atoms with Gasteiger partial charge < -0.3 is 0 Å². The van der Waals surface area contributed by atoms with Crippen molar-refractivity contribution in [3.8, 4) is 0 Å². The lowest BCUT2D eigenvalue weighted by molar-refractivity contribution is 1.11. The Balaban J connectivity index is 1.89. The van der Waals surface area contributed by atoms with E-state index >= 15 is 0 Å². The van der Waals surface area contributed by atoms with Crippen molar-refractivity contribution in [1.82, 2.24) is 0 Å². The molecule has 0 nitrogen and oxygen atoms in total. The van der Waals surface area contributed by atoms with Crippen LogP contribution in [0.25, 0.3) is 0 Å². The largest absolute Gasteiger partial charge is 0.0622 e. The van der Waals surface area contributed by atoms with Gasteiger partial charge in [0.25, 0.3) is 0 Å². The first-order valence-corrected chi connectivity index (χ1v) is 12.2. The normalized spacial score (nSPS) is 15.7. The van der Waals surface area contributed by atoms with Crippen LogP contribution < -0.4 is 21.2 Å². The van der Waals surface area contributed by atoms with E-state index in [9.17, 15) is 5.48 Å². The first-order chi connectivity index (χ1) is 16.7. The third-order valence-corrected chi connectivity index (χ3v) is 8.32. The summed E-state index contributed by atoms with van der Waals surface area (Å²) in [6.45, 7) is 0. The summed E-state index contributed by atoms with van der Waals surface area (Å²) in [6.07, 6.45) is -7.86. The molecule has 0 N–H and O–H groups in total. The molecule has 4 aromatic carbocycles. The van der Waals surface area contributed by atoms with Crippen LogP contribution in [-0.4, -0.2) is 12.2 Å². The predicted octanol–water partition coefficient (Wildman–Crippen LogP) is 5.64. The predicted molar refractivity (Wildman–Crippen MR) is 132 cm³/mol. The minimum Gasteiger partial charge on any atom is -0.0622 e. The van der Waals surface area contributed by atoms with E-state index in [1.165, 1.54) is 0 Å². The molecule has 0 aliphatic carbocycles. The maximum atomic E-state index is 9.23. The Morgan fingerprint density at radius 1 is 0.414 bits per heavy atom. The molecule has 144 valence electrons. The SMILES string of the molecule is [2H]C([2H])(P(c1ccccc1)c1ccccc1)C([2H])([2H])C([2H])([2H])P(c1ccccc1)c1ccccc1. The van der Waals surface area contributed by atoms with E-state index < -0.39 is 34.4 Å². The molecule has 0 radical (unpaired) electrons. The summed E-state index contributed by atoms with van der Waals surface area (Å²) in [4.78, 5) is 0. The maximum Gasteiger partial charge on any atom is 0.0322 e. The molecule has 0 fully saturated rings. The van der Waals surface area contributed by atoms with E-state index in [1.807, 2.05) is 72.8 Å². The molecular formula is C27H26P2. The highest BCUT2D eigenvalue weighted by molar-refractivity contribution is 7.74. The summed E-state index contributed by atoms with van der Waals surface area (Å²) in [7, 11) is -3.76. The average Bonchev–Trinajstić information content (AvgIpc) is 2.86. The van der Waals surface area contributed by atoms with E-state index in [4.69, 9.17) is 2.74 Å². The summed E-state index contributed by atoms with van der Waals surface area (Å²) in [6, 6.07) is 36.3. The molecule has 2 heteroatoms. The monoisotopic (exact) mass is 418 g/mol. The molecule has 0 saturated heterocycles. The zero-order chi connectivity index (χ0) is 25.1. The summed E-state index contributed by atoms with van der Waals surface area (Å²) < 4.78 is 55.2. The second kappa shape index (κ2) is 10.5. The Kier molecular flexibility index (Phi) is 5.02. The van der Waals surface area contributed by atoms with Crippen LogP contribution in [0, 0.1) is 0 Å². The minimum atomic E-state index is -2.82. The van der Waals surface area contributed by atoms with Gasteiger partial charge in [0.05, 0.1) is 0 Å². The lowest BCUT2D eigenvalue weighted by atomic mass is 10.4. The average molecular weight is 418 g/mol. The van der Waals surface area contributed by atoms with Crippen molar-refractivity contribution in [3.63, 3.8) is 0 Å². The lowest BCUT2D eigenvalue weighted by Crippen LogP contribution is -2.17. The fourth-order valence-corrected chi connectivity index (χ4v) is 6.42. The third-order valence-electron chi connectivity index (χ3n) is 4.39. The van der Waals surface area contributed by atoms with Crippen LogP contribution in [0.3, 0.4) is 0 Å².